The number of unbranched alkanes of at least 4 members (excludes halogenated alkanes) is 3. The summed E-state index contributed by atoms with van der Waals surface area (Å²) in [4.78, 5) is 20.0. The Labute approximate surface area is 147 Å². The van der Waals surface area contributed by atoms with Crippen LogP contribution < -0.4 is 0 Å². The summed E-state index contributed by atoms with van der Waals surface area (Å²) in [6.07, 6.45) is 5.30. The Morgan fingerprint density at radius 1 is 1.21 bits per heavy atom. The molecule has 5 heteroatoms. The normalized spacial score (nSPS) is 27.3. The van der Waals surface area contributed by atoms with E-state index in [0.29, 0.717) is 11.9 Å². The van der Waals surface area contributed by atoms with E-state index >= 15 is 0 Å². The van der Waals surface area contributed by atoms with E-state index in [2.05, 4.69) is 21.6 Å². The third kappa shape index (κ3) is 3.63. The highest BCUT2D eigenvalue weighted by molar-refractivity contribution is 5.78. The topological polar surface area (TPSA) is 36.0 Å². The van der Waals surface area contributed by atoms with E-state index in [4.69, 9.17) is 4.74 Å². The number of carbonyl (C=O) groups is 1. The van der Waals surface area contributed by atoms with E-state index < -0.39 is 0 Å². The van der Waals surface area contributed by atoms with Gasteiger partial charge in [0.1, 0.15) is 0 Å². The highest BCUT2D eigenvalue weighted by atomic mass is 16.5. The Bertz CT molecular complexity index is 434. The molecule has 1 spiro atoms. The van der Waals surface area contributed by atoms with Crippen molar-refractivity contribution >= 4 is 5.91 Å². The molecule has 3 aliphatic rings. The third-order valence-corrected chi connectivity index (χ3v) is 5.92. The zero-order valence-corrected chi connectivity index (χ0v) is 15.8. The zero-order chi connectivity index (χ0) is 17.2. The van der Waals surface area contributed by atoms with E-state index in [1.165, 1.54) is 32.2 Å². The molecule has 3 rings (SSSR count). The molecule has 3 heterocycles. The maximum atomic E-state index is 12.6. The van der Waals surface area contributed by atoms with E-state index in [-0.39, 0.29) is 11.5 Å². The average molecular weight is 338 g/mol. The summed E-state index contributed by atoms with van der Waals surface area (Å²) >= 11 is 0. The first-order valence-corrected chi connectivity index (χ1v) is 9.91. The Kier molecular flexibility index (Phi) is 5.83. The van der Waals surface area contributed by atoms with Gasteiger partial charge in [-0.1, -0.05) is 40.0 Å². The lowest BCUT2D eigenvalue weighted by Gasteiger charge is -2.63. The van der Waals surface area contributed by atoms with Gasteiger partial charge in [-0.05, 0) is 13.0 Å². The van der Waals surface area contributed by atoms with Crippen molar-refractivity contribution in [1.29, 1.82) is 0 Å². The molecule has 1 atom stereocenters. The van der Waals surface area contributed by atoms with Crippen molar-refractivity contribution in [1.82, 2.24) is 14.7 Å². The monoisotopic (exact) mass is 337 g/mol. The molecule has 0 N–H and O–H groups in total. The summed E-state index contributed by atoms with van der Waals surface area (Å²) in [5.74, 6) is 0.393. The lowest BCUT2D eigenvalue weighted by molar-refractivity contribution is -0.176. The molecule has 0 aromatic heterocycles. The Hall–Kier alpha value is -0.650. The van der Waals surface area contributed by atoms with Crippen LogP contribution in [-0.2, 0) is 9.53 Å². The maximum Gasteiger partial charge on any atom is 0.225 e. The molecule has 138 valence electrons. The van der Waals surface area contributed by atoms with Crippen LogP contribution in [0.1, 0.15) is 46.5 Å². The van der Waals surface area contributed by atoms with Gasteiger partial charge in [-0.3, -0.25) is 14.6 Å². The van der Waals surface area contributed by atoms with Crippen molar-refractivity contribution in [2.75, 3.05) is 52.5 Å². The number of piperazine rings is 1. The number of hydrogen-bond donors (Lipinski definition) is 0. The van der Waals surface area contributed by atoms with Gasteiger partial charge in [-0.15, -0.1) is 0 Å². The molecule has 3 fully saturated rings. The highest BCUT2D eigenvalue weighted by Gasteiger charge is 2.54. The Morgan fingerprint density at radius 2 is 2.00 bits per heavy atom. The predicted octanol–water partition coefficient (Wildman–Crippen LogP) is 1.82. The fourth-order valence-corrected chi connectivity index (χ4v) is 4.72. The van der Waals surface area contributed by atoms with Crippen molar-refractivity contribution < 1.29 is 9.53 Å². The van der Waals surface area contributed by atoms with Gasteiger partial charge >= 0.3 is 0 Å². The molecule has 0 radical (unpaired) electrons. The number of fused-ring (bicyclic) bond motifs is 2. The fraction of sp³-hybridized carbons (Fsp3) is 0.947. The number of morpholine rings is 1. The first-order valence-electron chi connectivity index (χ1n) is 9.91. The molecule has 0 aromatic rings. The molecule has 0 aromatic carbocycles. The average Bonchev–Trinajstić information content (AvgIpc) is 2.55. The fourth-order valence-electron chi connectivity index (χ4n) is 4.72. The lowest BCUT2D eigenvalue weighted by Crippen LogP contribution is -2.81. The maximum absolute atomic E-state index is 12.6. The van der Waals surface area contributed by atoms with Crippen LogP contribution in [0, 0.1) is 5.92 Å². The second kappa shape index (κ2) is 7.71. The van der Waals surface area contributed by atoms with Crippen LogP contribution in [0.25, 0.3) is 0 Å². The van der Waals surface area contributed by atoms with Crippen LogP contribution in [0.4, 0.5) is 0 Å². The molecule has 0 aliphatic carbocycles. The van der Waals surface area contributed by atoms with Gasteiger partial charge < -0.3 is 9.64 Å². The molecule has 3 saturated heterocycles. The second-order valence-electron chi connectivity index (χ2n) is 8.29. The SMILES string of the molecule is CCCCCCN1CC2(C1)CN(C(=O)C(C)C)CC1COCCN12. The number of nitrogens with zero attached hydrogens (tertiary/aromatic N) is 3. The predicted molar refractivity (Wildman–Crippen MR) is 96.0 cm³/mol. The van der Waals surface area contributed by atoms with Crippen LogP contribution in [0.15, 0.2) is 0 Å². The van der Waals surface area contributed by atoms with Gasteiger partial charge in [0, 0.05) is 38.6 Å². The van der Waals surface area contributed by atoms with Crippen molar-refractivity contribution in [3.05, 3.63) is 0 Å². The minimum absolute atomic E-state index is 0.0864. The first-order chi connectivity index (χ1) is 11.6. The molecule has 0 saturated carbocycles. The minimum Gasteiger partial charge on any atom is -0.378 e. The summed E-state index contributed by atoms with van der Waals surface area (Å²) in [5.41, 5.74) is 0.183. The third-order valence-electron chi connectivity index (χ3n) is 5.92. The summed E-state index contributed by atoms with van der Waals surface area (Å²) in [6.45, 7) is 14.1. The molecular formula is C19H35N3O2. The lowest BCUT2D eigenvalue weighted by atomic mass is 9.82. The minimum atomic E-state index is 0.0864. The quantitative estimate of drug-likeness (QED) is 0.693. The number of carbonyl (C=O) groups excluding carboxylic acids is 1. The number of ether oxygens (including phenoxy) is 1. The van der Waals surface area contributed by atoms with Gasteiger partial charge in [-0.25, -0.2) is 0 Å². The van der Waals surface area contributed by atoms with Gasteiger partial charge in [0.05, 0.1) is 24.8 Å². The zero-order valence-electron chi connectivity index (χ0n) is 15.8. The van der Waals surface area contributed by atoms with Crippen molar-refractivity contribution in [2.45, 2.75) is 58.0 Å². The van der Waals surface area contributed by atoms with Gasteiger partial charge in [0.2, 0.25) is 5.91 Å². The van der Waals surface area contributed by atoms with Crippen molar-refractivity contribution in [2.24, 2.45) is 5.92 Å². The number of likely N-dealkylation sites (tertiary alicyclic amines) is 1. The molecule has 5 nitrogen and oxygen atoms in total. The summed E-state index contributed by atoms with van der Waals surface area (Å²) in [6, 6.07) is 0.387. The summed E-state index contributed by atoms with van der Waals surface area (Å²) in [7, 11) is 0. The number of hydrogen-bond acceptors (Lipinski definition) is 4. The van der Waals surface area contributed by atoms with E-state index in [9.17, 15) is 4.79 Å². The van der Waals surface area contributed by atoms with E-state index in [1.807, 2.05) is 13.8 Å². The number of rotatable bonds is 6. The molecule has 1 amide bonds. The van der Waals surface area contributed by atoms with Crippen LogP contribution in [0.3, 0.4) is 0 Å². The standard InChI is InChI=1S/C19H35N3O2/c1-4-5-6-7-8-20-13-19(14-20)15-21(18(23)16(2)3)11-17-12-24-10-9-22(17)19/h16-17H,4-15H2,1-3H3. The van der Waals surface area contributed by atoms with Crippen LogP contribution in [0.2, 0.25) is 0 Å². The highest BCUT2D eigenvalue weighted by Crippen LogP contribution is 2.36. The molecule has 24 heavy (non-hydrogen) atoms. The molecule has 0 bridgehead atoms. The van der Waals surface area contributed by atoms with Gasteiger partial charge in [0.15, 0.2) is 0 Å². The summed E-state index contributed by atoms with van der Waals surface area (Å²) < 4.78 is 5.71. The first kappa shape index (κ1) is 18.2. The van der Waals surface area contributed by atoms with E-state index in [1.54, 1.807) is 0 Å². The molecular weight excluding hydrogens is 302 g/mol. The van der Waals surface area contributed by atoms with Crippen molar-refractivity contribution in [3.63, 3.8) is 0 Å². The van der Waals surface area contributed by atoms with Crippen LogP contribution >= 0.6 is 0 Å². The Morgan fingerprint density at radius 3 is 2.71 bits per heavy atom. The Balaban J connectivity index is 1.61. The van der Waals surface area contributed by atoms with Crippen LogP contribution in [-0.4, -0.2) is 84.7 Å². The van der Waals surface area contributed by atoms with Crippen LogP contribution in [0.5, 0.6) is 0 Å². The molecule has 1 unspecified atom stereocenters. The smallest absolute Gasteiger partial charge is 0.225 e. The van der Waals surface area contributed by atoms with Gasteiger partial charge in [-0.2, -0.15) is 0 Å². The number of amides is 1. The second-order valence-corrected chi connectivity index (χ2v) is 8.29. The largest absolute Gasteiger partial charge is 0.378 e. The summed E-state index contributed by atoms with van der Waals surface area (Å²) in [5, 5.41) is 0. The van der Waals surface area contributed by atoms with Gasteiger partial charge in [0.25, 0.3) is 0 Å². The molecule has 3 aliphatic heterocycles. The van der Waals surface area contributed by atoms with E-state index in [0.717, 1.165) is 45.9 Å². The van der Waals surface area contributed by atoms with Crippen molar-refractivity contribution in [3.8, 4) is 0 Å².